The summed E-state index contributed by atoms with van der Waals surface area (Å²) in [6, 6.07) is 9.64. The van der Waals surface area contributed by atoms with Gasteiger partial charge in [0.1, 0.15) is 0 Å². The molecule has 0 N–H and O–H groups in total. The standard InChI is InChI=1S/C11H13NOS/c1-11(2)9(13)12(10(11)14)8-6-4-3-5-7-8/h3-7,10,14H,1-2H3. The monoisotopic (exact) mass is 207 g/mol. The molecular weight excluding hydrogens is 194 g/mol. The number of para-hydroxylation sites is 1. The van der Waals surface area contributed by atoms with Gasteiger partial charge in [0, 0.05) is 5.69 Å². The van der Waals surface area contributed by atoms with Crippen molar-refractivity contribution in [1.29, 1.82) is 0 Å². The van der Waals surface area contributed by atoms with Gasteiger partial charge in [-0.15, -0.1) is 0 Å². The normalized spacial score (nSPS) is 24.6. The Hall–Kier alpha value is -0.960. The van der Waals surface area contributed by atoms with Crippen LogP contribution >= 0.6 is 12.6 Å². The van der Waals surface area contributed by atoms with E-state index in [0.29, 0.717) is 0 Å². The fourth-order valence-corrected chi connectivity index (χ4v) is 1.98. The van der Waals surface area contributed by atoms with Gasteiger partial charge in [0.25, 0.3) is 0 Å². The molecule has 1 aromatic rings. The van der Waals surface area contributed by atoms with Gasteiger partial charge >= 0.3 is 0 Å². The van der Waals surface area contributed by atoms with E-state index in [2.05, 4.69) is 12.6 Å². The Morgan fingerprint density at radius 1 is 1.29 bits per heavy atom. The maximum atomic E-state index is 11.8. The van der Waals surface area contributed by atoms with Crippen molar-refractivity contribution in [2.24, 2.45) is 5.41 Å². The molecule has 14 heavy (non-hydrogen) atoms. The van der Waals surface area contributed by atoms with Gasteiger partial charge in [0.05, 0.1) is 10.8 Å². The maximum Gasteiger partial charge on any atom is 0.236 e. The first-order valence-corrected chi connectivity index (χ1v) is 5.13. The van der Waals surface area contributed by atoms with Gasteiger partial charge in [-0.1, -0.05) is 18.2 Å². The number of thiol groups is 1. The van der Waals surface area contributed by atoms with Gasteiger partial charge in [-0.2, -0.15) is 12.6 Å². The lowest BCUT2D eigenvalue weighted by Crippen LogP contribution is -2.64. The van der Waals surface area contributed by atoms with Gasteiger partial charge in [-0.05, 0) is 26.0 Å². The molecule has 1 aromatic carbocycles. The van der Waals surface area contributed by atoms with E-state index in [1.807, 2.05) is 44.2 Å². The predicted molar refractivity (Wildman–Crippen MR) is 60.5 cm³/mol. The van der Waals surface area contributed by atoms with Crippen LogP contribution < -0.4 is 4.90 Å². The smallest absolute Gasteiger partial charge is 0.236 e. The number of anilines is 1. The number of hydrogen-bond acceptors (Lipinski definition) is 2. The molecule has 3 heteroatoms. The molecule has 0 radical (unpaired) electrons. The fourth-order valence-electron chi connectivity index (χ4n) is 1.64. The third kappa shape index (κ3) is 1.16. The van der Waals surface area contributed by atoms with E-state index in [-0.39, 0.29) is 16.7 Å². The average molecular weight is 207 g/mol. The Bertz CT molecular complexity index is 361. The lowest BCUT2D eigenvalue weighted by molar-refractivity contribution is -0.133. The number of carbonyl (C=O) groups excluding carboxylic acids is 1. The lowest BCUT2D eigenvalue weighted by atomic mass is 9.82. The molecule has 0 bridgehead atoms. The van der Waals surface area contributed by atoms with Gasteiger partial charge < -0.3 is 0 Å². The summed E-state index contributed by atoms with van der Waals surface area (Å²) in [5, 5.41) is -0.0163. The molecule has 0 spiro atoms. The number of carbonyl (C=O) groups is 1. The van der Waals surface area contributed by atoms with Crippen molar-refractivity contribution in [3.05, 3.63) is 30.3 Å². The Morgan fingerprint density at radius 3 is 2.36 bits per heavy atom. The quantitative estimate of drug-likeness (QED) is 0.553. The van der Waals surface area contributed by atoms with Crippen molar-refractivity contribution in [2.45, 2.75) is 19.2 Å². The van der Waals surface area contributed by atoms with Crippen molar-refractivity contribution >= 4 is 24.2 Å². The number of nitrogens with zero attached hydrogens (tertiary/aromatic N) is 1. The molecule has 2 rings (SSSR count). The number of amides is 1. The molecule has 1 saturated heterocycles. The highest BCUT2D eigenvalue weighted by atomic mass is 32.1. The van der Waals surface area contributed by atoms with Crippen LogP contribution in [-0.2, 0) is 4.79 Å². The van der Waals surface area contributed by atoms with Crippen LogP contribution in [0.5, 0.6) is 0 Å². The van der Waals surface area contributed by atoms with E-state index >= 15 is 0 Å². The topological polar surface area (TPSA) is 20.3 Å². The summed E-state index contributed by atoms with van der Waals surface area (Å²) in [6.07, 6.45) is 0. The summed E-state index contributed by atoms with van der Waals surface area (Å²) in [4.78, 5) is 13.5. The van der Waals surface area contributed by atoms with Crippen molar-refractivity contribution in [1.82, 2.24) is 0 Å². The second-order valence-corrected chi connectivity index (χ2v) is 4.60. The molecule has 0 aromatic heterocycles. The molecule has 74 valence electrons. The third-order valence-corrected chi connectivity index (χ3v) is 3.57. The van der Waals surface area contributed by atoms with Crippen LogP contribution in [0.2, 0.25) is 0 Å². The molecule has 0 aliphatic carbocycles. The molecule has 1 aliphatic rings. The SMILES string of the molecule is CC1(C)C(=O)N(c2ccccc2)C1S. The van der Waals surface area contributed by atoms with Crippen LogP contribution in [0.4, 0.5) is 5.69 Å². The van der Waals surface area contributed by atoms with Gasteiger partial charge in [-0.3, -0.25) is 9.69 Å². The first-order chi connectivity index (χ1) is 6.55. The summed E-state index contributed by atoms with van der Waals surface area (Å²) < 4.78 is 0. The van der Waals surface area contributed by atoms with Crippen molar-refractivity contribution < 1.29 is 4.79 Å². The number of hydrogen-bond donors (Lipinski definition) is 1. The summed E-state index contributed by atoms with van der Waals surface area (Å²) >= 11 is 4.44. The lowest BCUT2D eigenvalue weighted by Gasteiger charge is -2.50. The minimum atomic E-state index is -0.334. The highest BCUT2D eigenvalue weighted by molar-refractivity contribution is 7.81. The zero-order valence-corrected chi connectivity index (χ0v) is 9.16. The molecule has 1 atom stereocenters. The Labute approximate surface area is 89.3 Å². The molecule has 1 amide bonds. The fraction of sp³-hybridized carbons (Fsp3) is 0.364. The minimum Gasteiger partial charge on any atom is -0.299 e. The molecule has 2 nitrogen and oxygen atoms in total. The second kappa shape index (κ2) is 3.02. The summed E-state index contributed by atoms with van der Waals surface area (Å²) in [7, 11) is 0. The van der Waals surface area contributed by atoms with Crippen LogP contribution in [0.1, 0.15) is 13.8 Å². The summed E-state index contributed by atoms with van der Waals surface area (Å²) in [6.45, 7) is 3.85. The first-order valence-electron chi connectivity index (χ1n) is 4.62. The van der Waals surface area contributed by atoms with E-state index in [1.54, 1.807) is 4.90 Å². The van der Waals surface area contributed by atoms with Gasteiger partial charge in [-0.25, -0.2) is 0 Å². The van der Waals surface area contributed by atoms with E-state index in [4.69, 9.17) is 0 Å². The zero-order valence-electron chi connectivity index (χ0n) is 8.27. The highest BCUT2D eigenvalue weighted by Crippen LogP contribution is 2.43. The zero-order chi connectivity index (χ0) is 10.3. The average Bonchev–Trinajstić information content (AvgIpc) is 2.20. The predicted octanol–water partition coefficient (Wildman–Crippen LogP) is 2.32. The van der Waals surface area contributed by atoms with Crippen LogP contribution in [0.3, 0.4) is 0 Å². The number of benzene rings is 1. The Balaban J connectivity index is 2.29. The third-order valence-electron chi connectivity index (χ3n) is 2.69. The largest absolute Gasteiger partial charge is 0.299 e. The van der Waals surface area contributed by atoms with Crippen molar-refractivity contribution in [3.8, 4) is 0 Å². The molecule has 1 heterocycles. The summed E-state index contributed by atoms with van der Waals surface area (Å²) in [5.74, 6) is 0.142. The van der Waals surface area contributed by atoms with Crippen LogP contribution in [0, 0.1) is 5.41 Å². The van der Waals surface area contributed by atoms with Gasteiger partial charge in [0.2, 0.25) is 5.91 Å². The van der Waals surface area contributed by atoms with Crippen LogP contribution in [0.15, 0.2) is 30.3 Å². The van der Waals surface area contributed by atoms with Crippen molar-refractivity contribution in [2.75, 3.05) is 4.90 Å². The van der Waals surface area contributed by atoms with E-state index in [9.17, 15) is 4.79 Å². The summed E-state index contributed by atoms with van der Waals surface area (Å²) in [5.41, 5.74) is 0.593. The van der Waals surface area contributed by atoms with Crippen molar-refractivity contribution in [3.63, 3.8) is 0 Å². The molecule has 0 saturated carbocycles. The second-order valence-electron chi connectivity index (χ2n) is 4.11. The molecular formula is C11H13NOS. The van der Waals surface area contributed by atoms with Crippen LogP contribution in [0.25, 0.3) is 0 Å². The number of rotatable bonds is 1. The Kier molecular flexibility index (Phi) is 2.07. The number of β-lactam (4-membered cyclic amide) rings is 1. The Morgan fingerprint density at radius 2 is 1.86 bits per heavy atom. The minimum absolute atomic E-state index is 0.0163. The van der Waals surface area contributed by atoms with Gasteiger partial charge in [0.15, 0.2) is 0 Å². The van der Waals surface area contributed by atoms with E-state index in [0.717, 1.165) is 5.69 Å². The first kappa shape index (κ1) is 9.59. The molecule has 1 fully saturated rings. The van der Waals surface area contributed by atoms with Crippen LogP contribution in [-0.4, -0.2) is 11.3 Å². The van der Waals surface area contributed by atoms with E-state index < -0.39 is 0 Å². The molecule has 1 unspecified atom stereocenters. The highest BCUT2D eigenvalue weighted by Gasteiger charge is 2.52. The molecule has 1 aliphatic heterocycles. The van der Waals surface area contributed by atoms with E-state index in [1.165, 1.54) is 0 Å². The maximum absolute atomic E-state index is 11.8.